The number of halogens is 2. The van der Waals surface area contributed by atoms with Crippen LogP contribution >= 0.6 is 0 Å². The van der Waals surface area contributed by atoms with Gasteiger partial charge in [-0.3, -0.25) is 0 Å². The third-order valence-electron chi connectivity index (χ3n) is 4.20. The van der Waals surface area contributed by atoms with Gasteiger partial charge in [-0.2, -0.15) is 0 Å². The number of fused-ring (bicyclic) bond motifs is 1. The normalized spacial score (nSPS) is 27.4. The molecule has 0 saturated heterocycles. The summed E-state index contributed by atoms with van der Waals surface area (Å²) in [6.45, 7) is 2.23. The van der Waals surface area contributed by atoms with E-state index in [-0.39, 0.29) is 11.5 Å². The van der Waals surface area contributed by atoms with E-state index in [0.717, 1.165) is 24.4 Å². The summed E-state index contributed by atoms with van der Waals surface area (Å²) in [5.74, 6) is 1.03. The van der Waals surface area contributed by atoms with Crippen LogP contribution in [0.25, 0.3) is 0 Å². The number of hydrogen-bond donors (Lipinski definition) is 1. The Hall–Kier alpha value is -1.52. The molecule has 1 saturated carbocycles. The molecule has 1 aliphatic carbocycles. The van der Waals surface area contributed by atoms with Crippen LogP contribution in [-0.2, 0) is 0 Å². The molecule has 0 bridgehead atoms. The van der Waals surface area contributed by atoms with Crippen LogP contribution in [0.1, 0.15) is 39.0 Å². The van der Waals surface area contributed by atoms with Gasteiger partial charge in [-0.1, -0.05) is 13.3 Å². The van der Waals surface area contributed by atoms with Crippen LogP contribution in [0.15, 0.2) is 18.2 Å². The van der Waals surface area contributed by atoms with Gasteiger partial charge in [0.25, 0.3) is 0 Å². The average Bonchev–Trinajstić information content (AvgIpc) is 2.73. The Balaban J connectivity index is 1.63. The monoisotopic (exact) mass is 283 g/mol. The number of alkyl halides is 2. The maximum absolute atomic E-state index is 12.9. The summed E-state index contributed by atoms with van der Waals surface area (Å²) in [6.07, 6.45) is 2.42. The molecule has 1 heterocycles. The average molecular weight is 283 g/mol. The minimum Gasteiger partial charge on any atom is -0.395 e. The molecule has 0 radical (unpaired) electrons. The molecule has 0 unspecified atom stereocenters. The molecule has 20 heavy (non-hydrogen) atoms. The summed E-state index contributed by atoms with van der Waals surface area (Å²) in [5.41, 5.74) is 0.810. The van der Waals surface area contributed by atoms with Gasteiger partial charge in [-0.05, 0) is 43.7 Å². The van der Waals surface area contributed by atoms with E-state index in [1.807, 2.05) is 0 Å². The molecule has 0 aromatic heterocycles. The molecule has 1 aromatic rings. The second-order valence-corrected chi connectivity index (χ2v) is 5.60. The summed E-state index contributed by atoms with van der Waals surface area (Å²) in [6, 6.07) is 5.28. The predicted molar refractivity (Wildman–Crippen MR) is 72.3 cm³/mol. The highest BCUT2D eigenvalue weighted by molar-refractivity contribution is 5.56. The van der Waals surface area contributed by atoms with Gasteiger partial charge in [-0.15, -0.1) is 8.78 Å². The quantitative estimate of drug-likeness (QED) is 0.892. The Kier molecular flexibility index (Phi) is 3.44. The smallest absolute Gasteiger partial charge is 0.395 e. The highest BCUT2D eigenvalue weighted by atomic mass is 19.3. The van der Waals surface area contributed by atoms with Crippen LogP contribution in [0.5, 0.6) is 11.5 Å². The van der Waals surface area contributed by atoms with Gasteiger partial charge in [0, 0.05) is 17.8 Å². The first-order chi connectivity index (χ1) is 9.55. The van der Waals surface area contributed by atoms with E-state index < -0.39 is 6.29 Å². The molecule has 5 heteroatoms. The highest BCUT2D eigenvalue weighted by Crippen LogP contribution is 2.42. The molecule has 1 aliphatic heterocycles. The molecule has 1 N–H and O–H groups in total. The summed E-state index contributed by atoms with van der Waals surface area (Å²) in [4.78, 5) is 0. The second kappa shape index (κ2) is 5.11. The molecule has 0 amide bonds. The van der Waals surface area contributed by atoms with Gasteiger partial charge >= 0.3 is 6.29 Å². The van der Waals surface area contributed by atoms with E-state index in [2.05, 4.69) is 21.7 Å². The molecule has 0 atom stereocenters. The van der Waals surface area contributed by atoms with Crippen LogP contribution in [0.2, 0.25) is 0 Å². The number of anilines is 1. The summed E-state index contributed by atoms with van der Waals surface area (Å²) in [7, 11) is 0. The van der Waals surface area contributed by atoms with Crippen molar-refractivity contribution in [3.8, 4) is 11.5 Å². The summed E-state index contributed by atoms with van der Waals surface area (Å²) < 4.78 is 34.7. The molecule has 110 valence electrons. The van der Waals surface area contributed by atoms with E-state index in [4.69, 9.17) is 0 Å². The third-order valence-corrected chi connectivity index (χ3v) is 4.20. The van der Waals surface area contributed by atoms with Crippen molar-refractivity contribution in [3.63, 3.8) is 0 Å². The van der Waals surface area contributed by atoms with Crippen molar-refractivity contribution in [2.45, 2.75) is 51.4 Å². The Morgan fingerprint density at radius 3 is 2.55 bits per heavy atom. The fraction of sp³-hybridized carbons (Fsp3) is 0.600. The Morgan fingerprint density at radius 1 is 1.15 bits per heavy atom. The summed E-state index contributed by atoms with van der Waals surface area (Å²) in [5, 5.41) is 3.40. The fourth-order valence-electron chi connectivity index (χ4n) is 2.99. The zero-order valence-corrected chi connectivity index (χ0v) is 11.5. The van der Waals surface area contributed by atoms with E-state index >= 15 is 0 Å². The lowest BCUT2D eigenvalue weighted by molar-refractivity contribution is -0.286. The summed E-state index contributed by atoms with van der Waals surface area (Å²) >= 11 is 0. The minimum atomic E-state index is -3.54. The first-order valence-electron chi connectivity index (χ1n) is 7.22. The number of nitrogens with one attached hydrogen (secondary N) is 1. The largest absolute Gasteiger partial charge is 0.586 e. The van der Waals surface area contributed by atoms with Gasteiger partial charge in [-0.25, -0.2) is 0 Å². The van der Waals surface area contributed by atoms with Crippen LogP contribution in [0.3, 0.4) is 0 Å². The SMILES string of the molecule is CCC1CCC(Nc2ccc3c(c2)OC(F)(F)O3)CC1. The highest BCUT2D eigenvalue weighted by Gasteiger charge is 2.43. The van der Waals surface area contributed by atoms with Crippen molar-refractivity contribution in [2.75, 3.05) is 5.32 Å². The maximum atomic E-state index is 12.9. The lowest BCUT2D eigenvalue weighted by Crippen LogP contribution is -2.26. The van der Waals surface area contributed by atoms with Crippen LogP contribution in [0.4, 0.5) is 14.5 Å². The topological polar surface area (TPSA) is 30.5 Å². The van der Waals surface area contributed by atoms with Crippen LogP contribution in [-0.4, -0.2) is 12.3 Å². The molecule has 2 aliphatic rings. The van der Waals surface area contributed by atoms with E-state index in [1.165, 1.54) is 25.3 Å². The number of ether oxygens (including phenoxy) is 2. The predicted octanol–water partition coefficient (Wildman–Crippen LogP) is 4.39. The van der Waals surface area contributed by atoms with Crippen molar-refractivity contribution in [1.29, 1.82) is 0 Å². The molecule has 0 spiro atoms. The molecule has 1 fully saturated rings. The molecular weight excluding hydrogens is 264 g/mol. The third kappa shape index (κ3) is 2.81. The van der Waals surface area contributed by atoms with Gasteiger partial charge in [0.15, 0.2) is 11.5 Å². The molecule has 1 aromatic carbocycles. The van der Waals surface area contributed by atoms with Crippen molar-refractivity contribution < 1.29 is 18.3 Å². The van der Waals surface area contributed by atoms with Gasteiger partial charge in [0.1, 0.15) is 0 Å². The van der Waals surface area contributed by atoms with Crippen molar-refractivity contribution in [2.24, 2.45) is 5.92 Å². The fourth-order valence-corrected chi connectivity index (χ4v) is 2.99. The first kappa shape index (κ1) is 13.5. The molecule has 3 nitrogen and oxygen atoms in total. The number of benzene rings is 1. The van der Waals surface area contributed by atoms with Crippen molar-refractivity contribution in [1.82, 2.24) is 0 Å². The van der Waals surface area contributed by atoms with Gasteiger partial charge < -0.3 is 14.8 Å². The Bertz CT molecular complexity index is 485. The Labute approximate surface area is 117 Å². The lowest BCUT2D eigenvalue weighted by atomic mass is 9.84. The van der Waals surface area contributed by atoms with Crippen molar-refractivity contribution >= 4 is 5.69 Å². The van der Waals surface area contributed by atoms with E-state index in [1.54, 1.807) is 12.1 Å². The number of hydrogen-bond acceptors (Lipinski definition) is 3. The standard InChI is InChI=1S/C15H19F2NO2/c1-2-10-3-5-11(6-4-10)18-12-7-8-13-14(9-12)20-15(16,17)19-13/h7-11,18H,2-6H2,1H3. The lowest BCUT2D eigenvalue weighted by Gasteiger charge is -2.29. The van der Waals surface area contributed by atoms with Crippen LogP contribution in [0, 0.1) is 5.92 Å². The van der Waals surface area contributed by atoms with E-state index in [0.29, 0.717) is 6.04 Å². The maximum Gasteiger partial charge on any atom is 0.586 e. The minimum absolute atomic E-state index is 0.0928. The number of rotatable bonds is 3. The zero-order valence-electron chi connectivity index (χ0n) is 11.5. The second-order valence-electron chi connectivity index (χ2n) is 5.60. The van der Waals surface area contributed by atoms with Gasteiger partial charge in [0.2, 0.25) is 0 Å². The molecule has 3 rings (SSSR count). The Morgan fingerprint density at radius 2 is 1.85 bits per heavy atom. The van der Waals surface area contributed by atoms with Crippen molar-refractivity contribution in [3.05, 3.63) is 18.2 Å². The zero-order chi connectivity index (χ0) is 14.2. The molecular formula is C15H19F2NO2. The van der Waals surface area contributed by atoms with Gasteiger partial charge in [0.05, 0.1) is 0 Å². The van der Waals surface area contributed by atoms with E-state index in [9.17, 15) is 8.78 Å². The first-order valence-corrected chi connectivity index (χ1v) is 7.22. The van der Waals surface area contributed by atoms with Crippen LogP contribution < -0.4 is 14.8 Å².